The lowest BCUT2D eigenvalue weighted by atomic mass is 9.84. The fourth-order valence-electron chi connectivity index (χ4n) is 6.41. The number of hydrogen-bond acceptors (Lipinski definition) is 6. The zero-order valence-electron chi connectivity index (χ0n) is 27.3. The van der Waals surface area contributed by atoms with Gasteiger partial charge >= 0.3 is 11.9 Å². The van der Waals surface area contributed by atoms with Gasteiger partial charge in [0.05, 0.1) is 36.3 Å². The standard InChI is InChI=1S/C40H42O6/c1-5-7-21-45-31(41)19-17-27-13-9-11-15-29-23-25(3)33(35(27)29)37-39(43)38(40(37)44)34-26(4)24-30-16-12-10-14-28(36(30)34)18-20-32(42)46-22-8-6-2/h9-16,23-24H,5-8,17-22H2,1-4H3. The lowest BCUT2D eigenvalue weighted by molar-refractivity contribution is -0.267. The molecule has 5 rings (SSSR count). The Morgan fingerprint density at radius 1 is 0.696 bits per heavy atom. The molecule has 0 bridgehead atoms. The summed E-state index contributed by atoms with van der Waals surface area (Å²) in [6, 6.07) is 19.6. The average molecular weight is 619 g/mol. The molecular formula is C40H42O6. The van der Waals surface area contributed by atoms with Crippen LogP contribution in [-0.2, 0) is 31.9 Å². The second-order valence-corrected chi connectivity index (χ2v) is 12.1. The van der Waals surface area contributed by atoms with Gasteiger partial charge in [0.25, 0.3) is 5.43 Å². The Labute approximate surface area is 271 Å². The Kier molecular flexibility index (Phi) is 10.5. The van der Waals surface area contributed by atoms with Crippen LogP contribution in [0.2, 0.25) is 0 Å². The third-order valence-corrected chi connectivity index (χ3v) is 8.75. The fourth-order valence-corrected chi connectivity index (χ4v) is 6.41. The predicted molar refractivity (Wildman–Crippen MR) is 181 cm³/mol. The van der Waals surface area contributed by atoms with Crippen LogP contribution in [-0.4, -0.2) is 25.2 Å². The van der Waals surface area contributed by atoms with E-state index in [1.807, 2.05) is 88.4 Å². The van der Waals surface area contributed by atoms with Crippen LogP contribution < -0.4 is 10.5 Å². The number of unbranched alkanes of at least 4 members (excludes halogenated alkanes) is 2. The van der Waals surface area contributed by atoms with Gasteiger partial charge < -0.3 is 14.6 Å². The van der Waals surface area contributed by atoms with Crippen molar-refractivity contribution in [3.8, 4) is 50.3 Å². The molecule has 0 aliphatic heterocycles. The summed E-state index contributed by atoms with van der Waals surface area (Å²) in [5.41, 5.74) is 8.39. The van der Waals surface area contributed by atoms with Crippen molar-refractivity contribution in [1.82, 2.24) is 0 Å². The molecule has 0 saturated heterocycles. The Hall–Kier alpha value is -4.58. The Morgan fingerprint density at radius 3 is 1.74 bits per heavy atom. The molecule has 0 radical (unpaired) electrons. The zero-order chi connectivity index (χ0) is 32.8. The minimum absolute atomic E-state index is 0.190. The van der Waals surface area contributed by atoms with E-state index in [-0.39, 0.29) is 47.1 Å². The monoisotopic (exact) mass is 618 g/mol. The second kappa shape index (κ2) is 14.7. The van der Waals surface area contributed by atoms with Gasteiger partial charge in [-0.2, -0.15) is 0 Å². The normalized spacial score (nSPS) is 11.4. The van der Waals surface area contributed by atoms with E-state index in [0.29, 0.717) is 37.2 Å². The third kappa shape index (κ3) is 6.67. The fraction of sp³-hybridized carbons (Fsp3) is 0.350. The highest BCUT2D eigenvalue weighted by molar-refractivity contribution is 6.03. The average Bonchev–Trinajstić information content (AvgIpc) is 3.32. The Bertz CT molecular complexity index is 1680. The highest BCUT2D eigenvalue weighted by atomic mass is 16.5. The van der Waals surface area contributed by atoms with Crippen LogP contribution >= 0.6 is 0 Å². The largest absolute Gasteiger partial charge is 0.859 e. The van der Waals surface area contributed by atoms with Crippen LogP contribution in [0.4, 0.5) is 0 Å². The van der Waals surface area contributed by atoms with Crippen LogP contribution in [0.25, 0.3) is 44.5 Å². The number of carbonyl (C=O) groups is 2. The van der Waals surface area contributed by atoms with Crippen molar-refractivity contribution in [1.29, 1.82) is 0 Å². The number of hydrogen-bond donors (Lipinski definition) is 0. The van der Waals surface area contributed by atoms with E-state index in [1.165, 1.54) is 0 Å². The molecule has 238 valence electrons. The summed E-state index contributed by atoms with van der Waals surface area (Å²) in [5.74, 6) is -0.786. The second-order valence-electron chi connectivity index (χ2n) is 12.1. The smallest absolute Gasteiger partial charge is 0.306 e. The van der Waals surface area contributed by atoms with Crippen LogP contribution in [0.5, 0.6) is 5.75 Å². The molecule has 6 nitrogen and oxygen atoms in total. The van der Waals surface area contributed by atoms with Crippen LogP contribution in [0.1, 0.15) is 74.6 Å². The van der Waals surface area contributed by atoms with E-state index < -0.39 is 0 Å². The third-order valence-electron chi connectivity index (χ3n) is 8.75. The van der Waals surface area contributed by atoms with Gasteiger partial charge in [-0.05, 0) is 79.7 Å². The SMILES string of the molecule is CCCCOC(=O)CCc1ccccc2cc(C)c(-c3c([O-])[c+](-c4c(C)cc5ccccc(CCC(=O)OCCCC)c4-5)c3=O)c1-2. The van der Waals surface area contributed by atoms with Gasteiger partial charge in [0.2, 0.25) is 0 Å². The van der Waals surface area contributed by atoms with Crippen molar-refractivity contribution in [3.05, 3.63) is 93.1 Å². The van der Waals surface area contributed by atoms with E-state index in [2.05, 4.69) is 0 Å². The molecule has 0 saturated carbocycles. The van der Waals surface area contributed by atoms with Gasteiger partial charge in [-0.1, -0.05) is 75.2 Å². The van der Waals surface area contributed by atoms with Crippen molar-refractivity contribution in [2.24, 2.45) is 0 Å². The van der Waals surface area contributed by atoms with Crippen molar-refractivity contribution in [2.75, 3.05) is 13.2 Å². The maximum absolute atomic E-state index is 14.1. The summed E-state index contributed by atoms with van der Waals surface area (Å²) in [4.78, 5) is 39.0. The molecule has 0 amide bonds. The molecule has 0 heterocycles. The molecule has 0 unspecified atom stereocenters. The van der Waals surface area contributed by atoms with Gasteiger partial charge in [-0.3, -0.25) is 14.4 Å². The summed E-state index contributed by atoms with van der Waals surface area (Å²) in [5, 5.41) is 14.1. The highest BCUT2D eigenvalue weighted by Gasteiger charge is 2.35. The number of ether oxygens (including phenoxy) is 2. The summed E-state index contributed by atoms with van der Waals surface area (Å²) in [6.07, 6.45) is 4.86. The number of aryl methyl sites for hydroxylation is 4. The first-order valence-corrected chi connectivity index (χ1v) is 16.4. The first-order valence-electron chi connectivity index (χ1n) is 16.4. The molecule has 1 aromatic carbocycles. The molecule has 0 spiro atoms. The van der Waals surface area contributed by atoms with Crippen LogP contribution in [0.3, 0.4) is 0 Å². The quantitative estimate of drug-likeness (QED) is 0.0712. The first-order chi connectivity index (χ1) is 22.3. The molecule has 0 N–H and O–H groups in total. The number of esters is 2. The maximum atomic E-state index is 14.1. The van der Waals surface area contributed by atoms with Gasteiger partial charge in [-0.25, -0.2) is 0 Å². The van der Waals surface area contributed by atoms with Gasteiger partial charge in [0.15, 0.2) is 0 Å². The predicted octanol–water partition coefficient (Wildman–Crippen LogP) is 7.99. The molecule has 46 heavy (non-hydrogen) atoms. The van der Waals surface area contributed by atoms with Crippen molar-refractivity contribution < 1.29 is 24.2 Å². The minimum Gasteiger partial charge on any atom is -0.859 e. The highest BCUT2D eigenvalue weighted by Crippen LogP contribution is 2.50. The Morgan fingerprint density at radius 2 is 1.20 bits per heavy atom. The lowest BCUT2D eigenvalue weighted by Gasteiger charge is -2.20. The van der Waals surface area contributed by atoms with E-state index in [4.69, 9.17) is 9.47 Å². The van der Waals surface area contributed by atoms with E-state index >= 15 is 0 Å². The van der Waals surface area contributed by atoms with Gasteiger partial charge in [0, 0.05) is 28.7 Å². The number of rotatable bonds is 14. The summed E-state index contributed by atoms with van der Waals surface area (Å²) in [7, 11) is 0. The molecule has 4 aliphatic carbocycles. The van der Waals surface area contributed by atoms with Gasteiger partial charge in [0.1, 0.15) is 5.56 Å². The van der Waals surface area contributed by atoms with Crippen LogP contribution in [0.15, 0.2) is 65.5 Å². The van der Waals surface area contributed by atoms with Crippen molar-refractivity contribution >= 4 is 11.9 Å². The molecule has 1 aromatic rings. The summed E-state index contributed by atoms with van der Waals surface area (Å²) >= 11 is 0. The van der Waals surface area contributed by atoms with E-state index in [9.17, 15) is 19.5 Å². The number of carbonyl (C=O) groups excluding carboxylic acids is 2. The molecule has 0 aromatic heterocycles. The topological polar surface area (TPSA) is 92.7 Å². The lowest BCUT2D eigenvalue weighted by Crippen LogP contribution is -2.21. The van der Waals surface area contributed by atoms with E-state index in [1.54, 1.807) is 0 Å². The molecular weight excluding hydrogens is 576 g/mol. The van der Waals surface area contributed by atoms with Crippen molar-refractivity contribution in [3.63, 3.8) is 0 Å². The summed E-state index contributed by atoms with van der Waals surface area (Å²) in [6.45, 7) is 8.76. The minimum atomic E-state index is -0.274. The zero-order valence-corrected chi connectivity index (χ0v) is 27.3. The van der Waals surface area contributed by atoms with Crippen LogP contribution in [0, 0.1) is 13.8 Å². The molecule has 4 aliphatic rings. The molecule has 6 heteroatoms. The molecule has 0 atom stereocenters. The van der Waals surface area contributed by atoms with Crippen molar-refractivity contribution in [2.45, 2.75) is 79.1 Å². The molecule has 0 fully saturated rings. The Balaban J connectivity index is 1.53. The summed E-state index contributed by atoms with van der Waals surface area (Å²) < 4.78 is 10.8. The maximum Gasteiger partial charge on any atom is 0.306 e. The first kappa shape index (κ1) is 32.8. The van der Waals surface area contributed by atoms with Gasteiger partial charge in [-0.15, -0.1) is 0 Å². The van der Waals surface area contributed by atoms with E-state index in [0.717, 1.165) is 70.2 Å². The number of fused-ring (bicyclic) bond motifs is 2.